The number of halogens is 1. The zero-order chi connectivity index (χ0) is 19.0. The summed E-state index contributed by atoms with van der Waals surface area (Å²) < 4.78 is 1.87. The summed E-state index contributed by atoms with van der Waals surface area (Å²) in [5.74, 6) is 0. The Morgan fingerprint density at radius 3 is 2.78 bits per heavy atom. The van der Waals surface area contributed by atoms with Gasteiger partial charge in [-0.15, -0.1) is 0 Å². The molecule has 1 aromatic carbocycles. The van der Waals surface area contributed by atoms with Gasteiger partial charge in [0.05, 0.1) is 11.8 Å². The fraction of sp³-hybridized carbons (Fsp3) is 0.182. The van der Waals surface area contributed by atoms with Crippen LogP contribution in [-0.4, -0.2) is 19.9 Å². The van der Waals surface area contributed by atoms with Crippen LogP contribution < -0.4 is 0 Å². The monoisotopic (exact) mass is 377 g/mol. The minimum absolute atomic E-state index is 0.621. The molecule has 5 heteroatoms. The van der Waals surface area contributed by atoms with E-state index in [1.54, 1.807) is 19.9 Å². The maximum absolute atomic E-state index is 10.5. The van der Waals surface area contributed by atoms with Gasteiger partial charge in [-0.2, -0.15) is 5.10 Å². The van der Waals surface area contributed by atoms with E-state index in [1.807, 2.05) is 59.6 Å². The molecule has 0 spiro atoms. The third-order valence-corrected chi connectivity index (χ3v) is 4.84. The number of aliphatic hydroxyl groups is 1. The van der Waals surface area contributed by atoms with E-state index in [1.165, 1.54) is 0 Å². The fourth-order valence-electron chi connectivity index (χ4n) is 3.29. The van der Waals surface area contributed by atoms with Gasteiger partial charge in [-0.1, -0.05) is 42.0 Å². The Labute approximate surface area is 163 Å². The smallest absolute Gasteiger partial charge is 0.162 e. The van der Waals surface area contributed by atoms with Crippen LogP contribution in [-0.2, 0) is 5.60 Å². The topological polar surface area (TPSA) is 50.9 Å². The minimum atomic E-state index is -0.983. The second-order valence-electron chi connectivity index (χ2n) is 7.12. The van der Waals surface area contributed by atoms with Gasteiger partial charge in [0.25, 0.3) is 0 Å². The number of benzene rings is 1. The molecule has 0 saturated carbocycles. The quantitative estimate of drug-likeness (QED) is 0.670. The van der Waals surface area contributed by atoms with Crippen molar-refractivity contribution in [3.63, 3.8) is 0 Å². The molecule has 1 N–H and O–H groups in total. The maximum Gasteiger partial charge on any atom is 0.162 e. The number of rotatable bonds is 3. The number of pyridine rings is 1. The summed E-state index contributed by atoms with van der Waals surface area (Å²) in [5, 5.41) is 16.6. The molecule has 2 heterocycles. The number of nitrogens with zero attached hydrogens (tertiary/aromatic N) is 3. The van der Waals surface area contributed by atoms with E-state index >= 15 is 0 Å². The average molecular weight is 378 g/mol. The second-order valence-corrected chi connectivity index (χ2v) is 7.55. The predicted octanol–water partition coefficient (Wildman–Crippen LogP) is 5.34. The predicted molar refractivity (Wildman–Crippen MR) is 110 cm³/mol. The van der Waals surface area contributed by atoms with Gasteiger partial charge < -0.3 is 5.11 Å². The van der Waals surface area contributed by atoms with Gasteiger partial charge >= 0.3 is 0 Å². The van der Waals surface area contributed by atoms with Crippen molar-refractivity contribution in [3.05, 3.63) is 77.6 Å². The Hall–Kier alpha value is -2.69. The highest BCUT2D eigenvalue weighted by Crippen LogP contribution is 2.34. The highest BCUT2D eigenvalue weighted by molar-refractivity contribution is 6.30. The van der Waals surface area contributed by atoms with Gasteiger partial charge in [0.1, 0.15) is 0 Å². The lowest BCUT2D eigenvalue weighted by Crippen LogP contribution is -2.16. The van der Waals surface area contributed by atoms with Gasteiger partial charge in [-0.25, -0.2) is 9.67 Å². The van der Waals surface area contributed by atoms with Crippen LogP contribution in [0.15, 0.2) is 67.0 Å². The molecular weight excluding hydrogens is 358 g/mol. The standard InChI is InChI=1S/C22H20ClN3O/c1-22(2,27)20-10-9-17(23)12-19(20)15-11-16-14-25-26(21(16)24-13-15)18-7-5-3-4-6-8-18/h3-7,9-14,27H,8H2,1-2H3. The Morgan fingerprint density at radius 1 is 1.11 bits per heavy atom. The SMILES string of the molecule is CC(C)(O)c1ccc(Cl)cc1-c1cnc2c(cnn2C2=CC=CC=CC2)c1. The van der Waals surface area contributed by atoms with Crippen molar-refractivity contribution in [2.75, 3.05) is 0 Å². The van der Waals surface area contributed by atoms with Crippen molar-refractivity contribution in [3.8, 4) is 11.1 Å². The van der Waals surface area contributed by atoms with Crippen molar-refractivity contribution in [2.45, 2.75) is 25.9 Å². The van der Waals surface area contributed by atoms with Gasteiger partial charge in [0.2, 0.25) is 0 Å². The van der Waals surface area contributed by atoms with E-state index < -0.39 is 5.60 Å². The molecule has 27 heavy (non-hydrogen) atoms. The van der Waals surface area contributed by atoms with Crippen LogP contribution in [0.2, 0.25) is 5.02 Å². The molecule has 136 valence electrons. The van der Waals surface area contributed by atoms with Gasteiger partial charge in [-0.3, -0.25) is 0 Å². The van der Waals surface area contributed by atoms with E-state index in [4.69, 9.17) is 11.6 Å². The summed E-state index contributed by atoms with van der Waals surface area (Å²) in [6, 6.07) is 7.56. The number of hydrogen-bond acceptors (Lipinski definition) is 3. The molecule has 0 radical (unpaired) electrons. The molecule has 3 aromatic rings. The van der Waals surface area contributed by atoms with E-state index in [9.17, 15) is 5.11 Å². The summed E-state index contributed by atoms with van der Waals surface area (Å²) in [4.78, 5) is 4.66. The maximum atomic E-state index is 10.5. The van der Waals surface area contributed by atoms with Crippen molar-refractivity contribution in [1.82, 2.24) is 14.8 Å². The normalized spacial score (nSPS) is 14.4. The molecule has 4 nitrogen and oxygen atoms in total. The zero-order valence-corrected chi connectivity index (χ0v) is 16.0. The average Bonchev–Trinajstić information content (AvgIpc) is 2.85. The summed E-state index contributed by atoms with van der Waals surface area (Å²) in [7, 11) is 0. The molecular formula is C22H20ClN3O. The molecule has 4 rings (SSSR count). The van der Waals surface area contributed by atoms with Crippen molar-refractivity contribution in [2.24, 2.45) is 0 Å². The lowest BCUT2D eigenvalue weighted by molar-refractivity contribution is 0.0792. The Morgan fingerprint density at radius 2 is 1.96 bits per heavy atom. The van der Waals surface area contributed by atoms with Crippen LogP contribution in [0.4, 0.5) is 0 Å². The lowest BCUT2D eigenvalue weighted by atomic mass is 9.90. The molecule has 0 fully saturated rings. The van der Waals surface area contributed by atoms with Crippen molar-refractivity contribution < 1.29 is 5.11 Å². The molecule has 2 aromatic heterocycles. The van der Waals surface area contributed by atoms with Crippen LogP contribution in [0.3, 0.4) is 0 Å². The third-order valence-electron chi connectivity index (χ3n) is 4.61. The first-order valence-electron chi connectivity index (χ1n) is 8.83. The zero-order valence-electron chi connectivity index (χ0n) is 15.2. The molecule has 0 amide bonds. The summed E-state index contributed by atoms with van der Waals surface area (Å²) >= 11 is 6.22. The van der Waals surface area contributed by atoms with E-state index in [2.05, 4.69) is 16.2 Å². The number of aromatic nitrogens is 3. The first-order valence-corrected chi connectivity index (χ1v) is 9.20. The first-order chi connectivity index (χ1) is 12.9. The van der Waals surface area contributed by atoms with Crippen LogP contribution in [0.25, 0.3) is 27.9 Å². The summed E-state index contributed by atoms with van der Waals surface area (Å²) in [6.07, 6.45) is 14.6. The third kappa shape index (κ3) is 3.46. The minimum Gasteiger partial charge on any atom is -0.386 e. The molecule has 0 saturated heterocycles. The van der Waals surface area contributed by atoms with Gasteiger partial charge in [0, 0.05) is 34.3 Å². The number of fused-ring (bicyclic) bond motifs is 1. The van der Waals surface area contributed by atoms with Crippen LogP contribution in [0.5, 0.6) is 0 Å². The van der Waals surface area contributed by atoms with Crippen LogP contribution in [0.1, 0.15) is 25.8 Å². The lowest BCUT2D eigenvalue weighted by Gasteiger charge is -2.22. The van der Waals surface area contributed by atoms with E-state index in [-0.39, 0.29) is 0 Å². The largest absolute Gasteiger partial charge is 0.386 e. The van der Waals surface area contributed by atoms with Crippen LogP contribution in [0, 0.1) is 0 Å². The molecule has 0 bridgehead atoms. The van der Waals surface area contributed by atoms with Gasteiger partial charge in [-0.05, 0) is 49.2 Å². The highest BCUT2D eigenvalue weighted by atomic mass is 35.5. The van der Waals surface area contributed by atoms with E-state index in [0.29, 0.717) is 5.02 Å². The van der Waals surface area contributed by atoms with Crippen molar-refractivity contribution >= 4 is 28.3 Å². The molecule has 0 unspecified atom stereocenters. The summed E-state index contributed by atoms with van der Waals surface area (Å²) in [5.41, 5.74) is 3.47. The Bertz CT molecular complexity index is 1100. The molecule has 1 aliphatic rings. The highest BCUT2D eigenvalue weighted by Gasteiger charge is 2.21. The molecule has 1 aliphatic carbocycles. The first kappa shape index (κ1) is 17.7. The van der Waals surface area contributed by atoms with Gasteiger partial charge in [0.15, 0.2) is 5.65 Å². The molecule has 0 atom stereocenters. The number of hydrogen-bond donors (Lipinski definition) is 1. The number of allylic oxidation sites excluding steroid dienone is 6. The fourth-order valence-corrected chi connectivity index (χ4v) is 3.46. The Kier molecular flexibility index (Phi) is 4.46. The second kappa shape index (κ2) is 6.80. The van der Waals surface area contributed by atoms with Crippen LogP contribution >= 0.6 is 11.6 Å². The van der Waals surface area contributed by atoms with E-state index in [0.717, 1.165) is 39.8 Å². The Balaban J connectivity index is 1.83. The van der Waals surface area contributed by atoms with Crippen molar-refractivity contribution in [1.29, 1.82) is 0 Å². The summed E-state index contributed by atoms with van der Waals surface area (Å²) in [6.45, 7) is 3.53. The molecule has 0 aliphatic heterocycles.